The van der Waals surface area contributed by atoms with Gasteiger partial charge >= 0.3 is 0 Å². The molecule has 2 heterocycles. The predicted octanol–water partition coefficient (Wildman–Crippen LogP) is 2.01. The number of para-hydroxylation sites is 1. The first kappa shape index (κ1) is 19.3. The normalized spacial score (nSPS) is 17.0. The Balaban J connectivity index is 1.52. The Morgan fingerprint density at radius 2 is 1.86 bits per heavy atom. The minimum atomic E-state index is -0.561. The number of benzene rings is 2. The number of fused-ring (bicyclic) bond motifs is 1. The van der Waals surface area contributed by atoms with Crippen LogP contribution in [0.25, 0.3) is 0 Å². The molecule has 1 atom stereocenters. The standard InChI is InChI=1S/C22H26N4O3/c1-15(26-9-8-16-4-2-3-5-20(16)26)22(28)24-19-7-6-17(14-18(19)21(23)27)25-10-12-29-13-11-25/h2-7,14-15H,8-13H2,1H3,(H2,23,27)(H,24,28). The largest absolute Gasteiger partial charge is 0.378 e. The van der Waals surface area contributed by atoms with Crippen molar-refractivity contribution in [3.8, 4) is 0 Å². The number of primary amides is 1. The van der Waals surface area contributed by atoms with Crippen molar-refractivity contribution in [3.05, 3.63) is 53.6 Å². The summed E-state index contributed by atoms with van der Waals surface area (Å²) in [5, 5.41) is 2.90. The van der Waals surface area contributed by atoms with Crippen LogP contribution in [-0.4, -0.2) is 50.7 Å². The van der Waals surface area contributed by atoms with Gasteiger partial charge in [0.15, 0.2) is 0 Å². The van der Waals surface area contributed by atoms with Crippen molar-refractivity contribution in [1.82, 2.24) is 0 Å². The monoisotopic (exact) mass is 394 g/mol. The average molecular weight is 394 g/mol. The van der Waals surface area contributed by atoms with E-state index in [2.05, 4.69) is 21.2 Å². The molecule has 2 amide bonds. The first-order valence-corrected chi connectivity index (χ1v) is 9.96. The van der Waals surface area contributed by atoms with Gasteiger partial charge in [0.2, 0.25) is 5.91 Å². The highest BCUT2D eigenvalue weighted by Gasteiger charge is 2.28. The number of nitrogens with two attached hydrogens (primary N) is 1. The quantitative estimate of drug-likeness (QED) is 0.810. The second-order valence-corrected chi connectivity index (χ2v) is 7.43. The first-order valence-electron chi connectivity index (χ1n) is 9.96. The van der Waals surface area contributed by atoms with Gasteiger partial charge in [-0.2, -0.15) is 0 Å². The number of nitrogens with one attached hydrogen (secondary N) is 1. The molecule has 3 N–H and O–H groups in total. The number of morpholine rings is 1. The summed E-state index contributed by atoms with van der Waals surface area (Å²) in [7, 11) is 0. The summed E-state index contributed by atoms with van der Waals surface area (Å²) < 4.78 is 5.38. The molecular weight excluding hydrogens is 368 g/mol. The number of amides is 2. The lowest BCUT2D eigenvalue weighted by Gasteiger charge is -2.29. The third-order valence-corrected chi connectivity index (χ3v) is 5.67. The van der Waals surface area contributed by atoms with E-state index in [-0.39, 0.29) is 11.9 Å². The van der Waals surface area contributed by atoms with Gasteiger partial charge in [0.05, 0.1) is 24.5 Å². The molecule has 0 spiro atoms. The van der Waals surface area contributed by atoms with E-state index >= 15 is 0 Å². The summed E-state index contributed by atoms with van der Waals surface area (Å²) in [4.78, 5) is 29.2. The molecule has 0 saturated carbocycles. The van der Waals surface area contributed by atoms with E-state index in [0.29, 0.717) is 24.5 Å². The van der Waals surface area contributed by atoms with E-state index in [4.69, 9.17) is 10.5 Å². The maximum atomic E-state index is 12.9. The molecule has 2 aliphatic rings. The van der Waals surface area contributed by atoms with Crippen molar-refractivity contribution in [2.24, 2.45) is 5.73 Å². The highest BCUT2D eigenvalue weighted by molar-refractivity contribution is 6.05. The molecule has 0 aliphatic carbocycles. The lowest BCUT2D eigenvalue weighted by Crippen LogP contribution is -2.41. The molecule has 7 heteroatoms. The van der Waals surface area contributed by atoms with E-state index < -0.39 is 5.91 Å². The molecule has 1 saturated heterocycles. The van der Waals surface area contributed by atoms with Crippen molar-refractivity contribution in [1.29, 1.82) is 0 Å². The second kappa shape index (κ2) is 8.13. The molecule has 152 valence electrons. The van der Waals surface area contributed by atoms with Crippen molar-refractivity contribution >= 4 is 28.9 Å². The van der Waals surface area contributed by atoms with Gasteiger partial charge in [-0.1, -0.05) is 18.2 Å². The summed E-state index contributed by atoms with van der Waals surface area (Å²) in [5.74, 6) is -0.724. The molecule has 0 radical (unpaired) electrons. The lowest BCUT2D eigenvalue weighted by molar-refractivity contribution is -0.117. The summed E-state index contributed by atoms with van der Waals surface area (Å²) >= 11 is 0. The van der Waals surface area contributed by atoms with E-state index in [1.165, 1.54) is 5.56 Å². The van der Waals surface area contributed by atoms with Crippen molar-refractivity contribution in [2.45, 2.75) is 19.4 Å². The Kier molecular flexibility index (Phi) is 5.40. The van der Waals surface area contributed by atoms with Crippen LogP contribution in [0.1, 0.15) is 22.8 Å². The minimum Gasteiger partial charge on any atom is -0.378 e. The highest BCUT2D eigenvalue weighted by Crippen LogP contribution is 2.30. The number of rotatable bonds is 5. The molecular formula is C22H26N4O3. The topological polar surface area (TPSA) is 87.9 Å². The second-order valence-electron chi connectivity index (χ2n) is 7.43. The van der Waals surface area contributed by atoms with E-state index in [0.717, 1.165) is 37.4 Å². The smallest absolute Gasteiger partial charge is 0.250 e. The average Bonchev–Trinajstić information content (AvgIpc) is 3.18. The van der Waals surface area contributed by atoms with Crippen LogP contribution in [0.4, 0.5) is 17.1 Å². The van der Waals surface area contributed by atoms with Crippen LogP contribution in [0.2, 0.25) is 0 Å². The van der Waals surface area contributed by atoms with Crippen LogP contribution in [0, 0.1) is 0 Å². The lowest BCUT2D eigenvalue weighted by atomic mass is 10.1. The minimum absolute atomic E-state index is 0.164. The third kappa shape index (κ3) is 3.91. The van der Waals surface area contributed by atoms with Gasteiger partial charge in [0, 0.05) is 31.0 Å². The zero-order valence-corrected chi connectivity index (χ0v) is 16.6. The van der Waals surface area contributed by atoms with Crippen molar-refractivity contribution in [3.63, 3.8) is 0 Å². The first-order chi connectivity index (χ1) is 14.0. The van der Waals surface area contributed by atoms with Crippen LogP contribution in [0.15, 0.2) is 42.5 Å². The van der Waals surface area contributed by atoms with Crippen LogP contribution in [0.5, 0.6) is 0 Å². The highest BCUT2D eigenvalue weighted by atomic mass is 16.5. The fourth-order valence-electron chi connectivity index (χ4n) is 4.01. The number of nitrogens with zero attached hydrogens (tertiary/aromatic N) is 2. The zero-order chi connectivity index (χ0) is 20.4. The Hall–Kier alpha value is -3.06. The van der Waals surface area contributed by atoms with Crippen molar-refractivity contribution < 1.29 is 14.3 Å². The van der Waals surface area contributed by atoms with Crippen molar-refractivity contribution in [2.75, 3.05) is 48.0 Å². The maximum Gasteiger partial charge on any atom is 0.250 e. The fraction of sp³-hybridized carbons (Fsp3) is 0.364. The summed E-state index contributed by atoms with van der Waals surface area (Å²) in [6.07, 6.45) is 0.925. The number of carbonyl (C=O) groups excluding carboxylic acids is 2. The van der Waals surface area contributed by atoms with E-state index in [1.807, 2.05) is 31.2 Å². The number of anilines is 3. The molecule has 0 aromatic heterocycles. The summed E-state index contributed by atoms with van der Waals surface area (Å²) in [5.41, 5.74) is 9.61. The molecule has 7 nitrogen and oxygen atoms in total. The predicted molar refractivity (Wildman–Crippen MR) is 114 cm³/mol. The SMILES string of the molecule is CC(C(=O)Nc1ccc(N2CCOCC2)cc1C(N)=O)N1CCc2ccccc21. The molecule has 2 aliphatic heterocycles. The molecule has 1 unspecified atom stereocenters. The summed E-state index contributed by atoms with van der Waals surface area (Å²) in [6.45, 7) is 5.50. The summed E-state index contributed by atoms with van der Waals surface area (Å²) in [6, 6.07) is 13.2. The van der Waals surface area contributed by atoms with Gasteiger partial charge in [0.25, 0.3) is 5.91 Å². The van der Waals surface area contributed by atoms with Crippen LogP contribution in [-0.2, 0) is 16.0 Å². The van der Waals surface area contributed by atoms with E-state index in [9.17, 15) is 9.59 Å². The number of ether oxygens (including phenoxy) is 1. The number of hydrogen-bond acceptors (Lipinski definition) is 5. The van der Waals surface area contributed by atoms with Crippen LogP contribution < -0.4 is 20.9 Å². The third-order valence-electron chi connectivity index (χ3n) is 5.67. The molecule has 0 bridgehead atoms. The Bertz CT molecular complexity index is 924. The maximum absolute atomic E-state index is 12.9. The number of carbonyl (C=O) groups is 2. The Morgan fingerprint density at radius 3 is 2.62 bits per heavy atom. The van der Waals surface area contributed by atoms with Gasteiger partial charge in [-0.25, -0.2) is 0 Å². The van der Waals surface area contributed by atoms with E-state index in [1.54, 1.807) is 12.1 Å². The molecule has 29 heavy (non-hydrogen) atoms. The fourth-order valence-corrected chi connectivity index (χ4v) is 4.01. The van der Waals surface area contributed by atoms with Gasteiger partial charge in [0.1, 0.15) is 6.04 Å². The molecule has 4 rings (SSSR count). The Labute approximate surface area is 170 Å². The molecule has 2 aromatic rings. The van der Waals surface area contributed by atoms with Gasteiger partial charge in [-0.3, -0.25) is 9.59 Å². The van der Waals surface area contributed by atoms with Gasteiger partial charge in [-0.05, 0) is 43.2 Å². The number of hydrogen-bond donors (Lipinski definition) is 2. The zero-order valence-electron chi connectivity index (χ0n) is 16.6. The van der Waals surface area contributed by atoms with Crippen LogP contribution in [0.3, 0.4) is 0 Å². The van der Waals surface area contributed by atoms with Crippen LogP contribution >= 0.6 is 0 Å². The van der Waals surface area contributed by atoms with Gasteiger partial charge in [-0.15, -0.1) is 0 Å². The Morgan fingerprint density at radius 1 is 1.10 bits per heavy atom. The molecule has 2 aromatic carbocycles. The van der Waals surface area contributed by atoms with Gasteiger partial charge < -0.3 is 25.6 Å². The molecule has 1 fully saturated rings.